The molecular weight excluding hydrogens is 236 g/mol. The van der Waals surface area contributed by atoms with E-state index in [0.717, 1.165) is 24.9 Å². The highest BCUT2D eigenvalue weighted by Crippen LogP contribution is 2.23. The van der Waals surface area contributed by atoms with E-state index in [1.54, 1.807) is 0 Å². The first-order valence-corrected chi connectivity index (χ1v) is 7.53. The number of likely N-dealkylation sites (tertiary alicyclic amines) is 1. The number of hydrogen-bond acceptors (Lipinski definition) is 3. The fourth-order valence-corrected chi connectivity index (χ4v) is 2.85. The van der Waals surface area contributed by atoms with Gasteiger partial charge in [0.1, 0.15) is 5.75 Å². The molecule has 0 radical (unpaired) electrons. The monoisotopic (exact) mass is 260 g/mol. The van der Waals surface area contributed by atoms with Gasteiger partial charge in [-0.2, -0.15) is 0 Å². The van der Waals surface area contributed by atoms with Crippen molar-refractivity contribution in [2.75, 3.05) is 19.7 Å². The topological polar surface area (TPSA) is 24.5 Å². The molecule has 1 heterocycles. The van der Waals surface area contributed by atoms with Crippen LogP contribution in [0.15, 0.2) is 24.3 Å². The molecule has 1 aromatic carbocycles. The minimum Gasteiger partial charge on any atom is -0.494 e. The zero-order valence-corrected chi connectivity index (χ0v) is 11.8. The van der Waals surface area contributed by atoms with Crippen LogP contribution in [0.1, 0.15) is 31.7 Å². The summed E-state index contributed by atoms with van der Waals surface area (Å²) in [7, 11) is 0. The molecule has 104 valence electrons. The lowest BCUT2D eigenvalue weighted by Crippen LogP contribution is -2.33. The van der Waals surface area contributed by atoms with Gasteiger partial charge >= 0.3 is 0 Å². The first-order chi connectivity index (χ1) is 9.33. The number of nitrogens with one attached hydrogen (secondary N) is 1. The molecule has 1 saturated heterocycles. The van der Waals surface area contributed by atoms with Crippen LogP contribution < -0.4 is 10.1 Å². The summed E-state index contributed by atoms with van der Waals surface area (Å²) < 4.78 is 5.56. The number of benzene rings is 1. The van der Waals surface area contributed by atoms with Crippen LogP contribution in [-0.2, 0) is 6.54 Å². The Morgan fingerprint density at radius 2 is 2.16 bits per heavy atom. The van der Waals surface area contributed by atoms with Crippen LogP contribution in [-0.4, -0.2) is 36.7 Å². The molecule has 3 rings (SSSR count). The van der Waals surface area contributed by atoms with Crippen molar-refractivity contribution in [1.29, 1.82) is 0 Å². The van der Waals surface area contributed by atoms with Crippen molar-refractivity contribution in [3.8, 4) is 5.75 Å². The molecule has 1 unspecified atom stereocenters. The van der Waals surface area contributed by atoms with Gasteiger partial charge in [-0.25, -0.2) is 0 Å². The van der Waals surface area contributed by atoms with Crippen molar-refractivity contribution in [3.63, 3.8) is 0 Å². The van der Waals surface area contributed by atoms with E-state index >= 15 is 0 Å². The highest BCUT2D eigenvalue weighted by Gasteiger charge is 2.28. The van der Waals surface area contributed by atoms with Gasteiger partial charge in [0.05, 0.1) is 6.61 Å². The predicted molar refractivity (Wildman–Crippen MR) is 77.5 cm³/mol. The second-order valence-corrected chi connectivity index (χ2v) is 5.74. The van der Waals surface area contributed by atoms with E-state index in [9.17, 15) is 0 Å². The first kappa shape index (κ1) is 12.9. The van der Waals surface area contributed by atoms with Gasteiger partial charge in [0, 0.05) is 31.7 Å². The summed E-state index contributed by atoms with van der Waals surface area (Å²) in [5, 5.41) is 3.73. The Morgan fingerprint density at radius 3 is 2.95 bits per heavy atom. The van der Waals surface area contributed by atoms with Gasteiger partial charge in [0.2, 0.25) is 0 Å². The van der Waals surface area contributed by atoms with Crippen LogP contribution in [0, 0.1) is 0 Å². The number of rotatable bonds is 6. The molecule has 1 aliphatic heterocycles. The molecule has 0 amide bonds. The molecule has 1 N–H and O–H groups in total. The molecule has 0 bridgehead atoms. The van der Waals surface area contributed by atoms with E-state index in [-0.39, 0.29) is 0 Å². The SMILES string of the molecule is CCOc1cccc(CN2CCC(NC3CC3)C2)c1. The zero-order chi connectivity index (χ0) is 13.1. The van der Waals surface area contributed by atoms with E-state index in [4.69, 9.17) is 4.74 Å². The highest BCUT2D eigenvalue weighted by molar-refractivity contribution is 5.28. The summed E-state index contributed by atoms with van der Waals surface area (Å²) in [6.07, 6.45) is 4.06. The summed E-state index contributed by atoms with van der Waals surface area (Å²) in [5.41, 5.74) is 1.36. The Hall–Kier alpha value is -1.06. The van der Waals surface area contributed by atoms with Gasteiger partial charge in [0.15, 0.2) is 0 Å². The largest absolute Gasteiger partial charge is 0.494 e. The Labute approximate surface area is 115 Å². The van der Waals surface area contributed by atoms with Crippen molar-refractivity contribution < 1.29 is 4.74 Å². The van der Waals surface area contributed by atoms with Gasteiger partial charge in [-0.05, 0) is 43.9 Å². The van der Waals surface area contributed by atoms with Gasteiger partial charge in [-0.3, -0.25) is 4.90 Å². The minimum absolute atomic E-state index is 0.711. The standard InChI is InChI=1S/C16H24N2O/c1-2-19-16-5-3-4-13(10-16)11-18-9-8-15(12-18)17-14-6-7-14/h3-5,10,14-15,17H,2,6-9,11-12H2,1H3. The van der Waals surface area contributed by atoms with Crippen molar-refractivity contribution in [1.82, 2.24) is 10.2 Å². The average Bonchev–Trinajstić information content (AvgIpc) is 3.10. The molecule has 1 saturated carbocycles. The first-order valence-electron chi connectivity index (χ1n) is 7.53. The normalized spacial score (nSPS) is 23.7. The zero-order valence-electron chi connectivity index (χ0n) is 11.8. The molecule has 0 aromatic heterocycles. The smallest absolute Gasteiger partial charge is 0.119 e. The third-order valence-corrected chi connectivity index (χ3v) is 3.94. The second-order valence-electron chi connectivity index (χ2n) is 5.74. The van der Waals surface area contributed by atoms with Crippen LogP contribution in [0.2, 0.25) is 0 Å². The van der Waals surface area contributed by atoms with E-state index in [0.29, 0.717) is 6.04 Å². The summed E-state index contributed by atoms with van der Waals surface area (Å²) in [5.74, 6) is 0.992. The molecule has 0 spiro atoms. The second kappa shape index (κ2) is 5.93. The van der Waals surface area contributed by atoms with Crippen molar-refractivity contribution in [2.24, 2.45) is 0 Å². The van der Waals surface area contributed by atoms with E-state index in [2.05, 4.69) is 28.4 Å². The van der Waals surface area contributed by atoms with Crippen LogP contribution in [0.25, 0.3) is 0 Å². The van der Waals surface area contributed by atoms with E-state index in [1.807, 2.05) is 13.0 Å². The predicted octanol–water partition coefficient (Wildman–Crippen LogP) is 2.41. The van der Waals surface area contributed by atoms with Gasteiger partial charge < -0.3 is 10.1 Å². The molecule has 1 aromatic rings. The fraction of sp³-hybridized carbons (Fsp3) is 0.625. The van der Waals surface area contributed by atoms with Crippen molar-refractivity contribution >= 4 is 0 Å². The Bertz CT molecular complexity index is 417. The Morgan fingerprint density at radius 1 is 1.26 bits per heavy atom. The molecule has 3 nitrogen and oxygen atoms in total. The minimum atomic E-state index is 0.711. The van der Waals surface area contributed by atoms with Crippen LogP contribution >= 0.6 is 0 Å². The highest BCUT2D eigenvalue weighted by atomic mass is 16.5. The Balaban J connectivity index is 1.51. The van der Waals surface area contributed by atoms with Crippen molar-refractivity contribution in [3.05, 3.63) is 29.8 Å². The molecule has 1 aliphatic carbocycles. The molecule has 3 heteroatoms. The van der Waals surface area contributed by atoms with Crippen LogP contribution in [0.3, 0.4) is 0 Å². The van der Waals surface area contributed by atoms with Gasteiger partial charge in [-0.15, -0.1) is 0 Å². The maximum absolute atomic E-state index is 5.56. The molecule has 1 atom stereocenters. The van der Waals surface area contributed by atoms with Crippen LogP contribution in [0.4, 0.5) is 0 Å². The maximum atomic E-state index is 5.56. The third kappa shape index (κ3) is 3.71. The lowest BCUT2D eigenvalue weighted by atomic mass is 10.2. The molecule has 19 heavy (non-hydrogen) atoms. The number of nitrogens with zero attached hydrogens (tertiary/aromatic N) is 1. The summed E-state index contributed by atoms with van der Waals surface area (Å²) in [4.78, 5) is 2.55. The number of ether oxygens (including phenoxy) is 1. The summed E-state index contributed by atoms with van der Waals surface area (Å²) in [6, 6.07) is 10.0. The number of hydrogen-bond donors (Lipinski definition) is 1. The van der Waals surface area contributed by atoms with Gasteiger partial charge in [0.25, 0.3) is 0 Å². The third-order valence-electron chi connectivity index (χ3n) is 3.94. The van der Waals surface area contributed by atoms with E-state index in [1.165, 1.54) is 37.9 Å². The quantitative estimate of drug-likeness (QED) is 0.850. The fourth-order valence-electron chi connectivity index (χ4n) is 2.85. The summed E-state index contributed by atoms with van der Waals surface area (Å²) >= 11 is 0. The lowest BCUT2D eigenvalue weighted by molar-refractivity contribution is 0.316. The lowest BCUT2D eigenvalue weighted by Gasteiger charge is -2.17. The average molecular weight is 260 g/mol. The van der Waals surface area contributed by atoms with Crippen molar-refractivity contribution in [2.45, 2.75) is 44.8 Å². The molecular formula is C16H24N2O. The summed E-state index contributed by atoms with van der Waals surface area (Å²) in [6.45, 7) is 6.21. The van der Waals surface area contributed by atoms with Crippen LogP contribution in [0.5, 0.6) is 5.75 Å². The molecule has 2 aliphatic rings. The van der Waals surface area contributed by atoms with Gasteiger partial charge in [-0.1, -0.05) is 12.1 Å². The van der Waals surface area contributed by atoms with E-state index < -0.39 is 0 Å². The maximum Gasteiger partial charge on any atom is 0.119 e. The molecule has 2 fully saturated rings. The Kier molecular flexibility index (Phi) is 4.04.